The Kier molecular flexibility index (Phi) is 6.03. The number of furan rings is 1. The summed E-state index contributed by atoms with van der Waals surface area (Å²) in [5.41, 5.74) is 17.1. The van der Waals surface area contributed by atoms with E-state index in [1.165, 1.54) is 66.2 Å². The lowest BCUT2D eigenvalue weighted by atomic mass is 9.81. The quantitative estimate of drug-likeness (QED) is 0.185. The topological polar surface area (TPSA) is 16.4 Å². The molecule has 0 saturated carbocycles. The molecule has 254 valence electrons. The fourth-order valence-electron chi connectivity index (χ4n) is 9.81. The summed E-state index contributed by atoms with van der Waals surface area (Å²) in [5, 5.41) is 7.17. The van der Waals surface area contributed by atoms with Crippen LogP contribution in [0.5, 0.6) is 0 Å². The van der Waals surface area contributed by atoms with E-state index in [1.807, 2.05) is 0 Å². The van der Waals surface area contributed by atoms with Gasteiger partial charge < -0.3 is 9.32 Å². The molecule has 0 amide bonds. The van der Waals surface area contributed by atoms with Crippen LogP contribution in [0.25, 0.3) is 65.7 Å². The highest BCUT2D eigenvalue weighted by atomic mass is 16.3. The largest absolute Gasteiger partial charge is 0.455 e. The number of rotatable bonds is 3. The van der Waals surface area contributed by atoms with Crippen molar-refractivity contribution in [1.82, 2.24) is 0 Å². The number of fused-ring (bicyclic) bond motifs is 12. The fourth-order valence-corrected chi connectivity index (χ4v) is 9.81. The molecule has 0 N–H and O–H groups in total. The van der Waals surface area contributed by atoms with Crippen molar-refractivity contribution in [1.29, 1.82) is 0 Å². The molecule has 0 bridgehead atoms. The molecular formula is C51H39NO. The van der Waals surface area contributed by atoms with Crippen LogP contribution in [-0.4, -0.2) is 0 Å². The molecule has 0 saturated heterocycles. The predicted octanol–water partition coefficient (Wildman–Crippen LogP) is 14.3. The summed E-state index contributed by atoms with van der Waals surface area (Å²) < 4.78 is 6.65. The highest BCUT2D eigenvalue weighted by Crippen LogP contribution is 2.54. The number of anilines is 3. The SMILES string of the molecule is Cc1cccc2oc3c4ccccc4c(N(c4ccc5c(c4)-c4ccccc4C5(C)C)c4ccc5c(c4)C(C)(C)c4cc6ccccc6cc4-5)cc3c12. The van der Waals surface area contributed by atoms with Crippen LogP contribution in [-0.2, 0) is 10.8 Å². The lowest BCUT2D eigenvalue weighted by Gasteiger charge is -2.30. The van der Waals surface area contributed by atoms with Crippen LogP contribution in [0, 0.1) is 6.92 Å². The van der Waals surface area contributed by atoms with Gasteiger partial charge in [-0.05, 0) is 116 Å². The van der Waals surface area contributed by atoms with Crippen molar-refractivity contribution in [2.24, 2.45) is 0 Å². The maximum Gasteiger partial charge on any atom is 0.143 e. The van der Waals surface area contributed by atoms with Gasteiger partial charge in [0, 0.05) is 43.7 Å². The van der Waals surface area contributed by atoms with Gasteiger partial charge in [-0.2, -0.15) is 0 Å². The van der Waals surface area contributed by atoms with E-state index in [-0.39, 0.29) is 10.8 Å². The Bertz CT molecular complexity index is 3030. The molecule has 2 aliphatic carbocycles. The molecule has 0 atom stereocenters. The van der Waals surface area contributed by atoms with Crippen molar-refractivity contribution in [2.45, 2.75) is 45.4 Å². The Balaban J connectivity index is 1.21. The Hall–Kier alpha value is -6.12. The molecule has 53 heavy (non-hydrogen) atoms. The maximum atomic E-state index is 6.65. The van der Waals surface area contributed by atoms with Gasteiger partial charge in [-0.15, -0.1) is 0 Å². The number of hydrogen-bond donors (Lipinski definition) is 0. The van der Waals surface area contributed by atoms with Crippen molar-refractivity contribution in [3.63, 3.8) is 0 Å². The molecule has 9 aromatic rings. The van der Waals surface area contributed by atoms with Gasteiger partial charge in [-0.3, -0.25) is 0 Å². The second-order valence-electron chi connectivity index (χ2n) is 16.2. The zero-order valence-corrected chi connectivity index (χ0v) is 30.7. The van der Waals surface area contributed by atoms with E-state index >= 15 is 0 Å². The van der Waals surface area contributed by atoms with Gasteiger partial charge in [0.05, 0.1) is 5.69 Å². The van der Waals surface area contributed by atoms with E-state index in [4.69, 9.17) is 4.42 Å². The van der Waals surface area contributed by atoms with E-state index in [0.717, 1.165) is 44.4 Å². The standard InChI is InChI=1S/C51H39NO/c1-30-13-12-20-47-48(30)41-29-46(37-17-8-9-18-38(37)49(41)53-47)52(33-22-24-43-40(27-33)35-16-10-11-19-42(35)50(43,2)3)34-21-23-36-39-25-31-14-6-7-15-32(31)26-44(39)51(4,5)45(36)28-34/h6-29H,1-5H3. The first kappa shape index (κ1) is 30.5. The zero-order chi connectivity index (χ0) is 35.8. The lowest BCUT2D eigenvalue weighted by molar-refractivity contribution is 0.660. The monoisotopic (exact) mass is 681 g/mol. The highest BCUT2D eigenvalue weighted by molar-refractivity contribution is 6.20. The number of hydrogen-bond acceptors (Lipinski definition) is 2. The molecule has 0 fully saturated rings. The average Bonchev–Trinajstić information content (AvgIpc) is 3.74. The van der Waals surface area contributed by atoms with E-state index in [2.05, 4.69) is 185 Å². The second kappa shape index (κ2) is 10.5. The summed E-state index contributed by atoms with van der Waals surface area (Å²) in [6.45, 7) is 11.7. The summed E-state index contributed by atoms with van der Waals surface area (Å²) in [6.07, 6.45) is 0. The number of nitrogens with zero attached hydrogens (tertiary/aromatic N) is 1. The van der Waals surface area contributed by atoms with E-state index < -0.39 is 0 Å². The van der Waals surface area contributed by atoms with Crippen molar-refractivity contribution >= 4 is 60.5 Å². The maximum absolute atomic E-state index is 6.65. The number of benzene rings is 8. The Morgan fingerprint density at radius 3 is 1.92 bits per heavy atom. The average molecular weight is 682 g/mol. The van der Waals surface area contributed by atoms with Gasteiger partial charge in [-0.1, -0.05) is 125 Å². The highest BCUT2D eigenvalue weighted by Gasteiger charge is 2.38. The van der Waals surface area contributed by atoms with E-state index in [0.29, 0.717) is 0 Å². The van der Waals surface area contributed by atoms with Gasteiger partial charge in [0.1, 0.15) is 11.2 Å². The summed E-state index contributed by atoms with van der Waals surface area (Å²) in [7, 11) is 0. The van der Waals surface area contributed by atoms with Crippen molar-refractivity contribution < 1.29 is 4.42 Å². The van der Waals surface area contributed by atoms with Crippen LogP contribution in [0.3, 0.4) is 0 Å². The van der Waals surface area contributed by atoms with Crippen LogP contribution in [0.4, 0.5) is 17.1 Å². The summed E-state index contributed by atoms with van der Waals surface area (Å²) >= 11 is 0. The molecule has 2 heteroatoms. The molecule has 0 unspecified atom stereocenters. The lowest BCUT2D eigenvalue weighted by Crippen LogP contribution is -2.17. The van der Waals surface area contributed by atoms with Gasteiger partial charge in [0.25, 0.3) is 0 Å². The molecule has 1 aromatic heterocycles. The minimum absolute atomic E-state index is 0.0684. The summed E-state index contributed by atoms with van der Waals surface area (Å²) in [6, 6.07) is 54.3. The smallest absolute Gasteiger partial charge is 0.143 e. The van der Waals surface area contributed by atoms with Crippen molar-refractivity contribution in [2.75, 3.05) is 4.90 Å². The molecular weight excluding hydrogens is 643 g/mol. The van der Waals surface area contributed by atoms with E-state index in [9.17, 15) is 0 Å². The molecule has 8 aromatic carbocycles. The Morgan fingerprint density at radius 1 is 0.453 bits per heavy atom. The summed E-state index contributed by atoms with van der Waals surface area (Å²) in [4.78, 5) is 2.50. The normalized spacial score (nSPS) is 14.8. The van der Waals surface area contributed by atoms with Gasteiger partial charge in [-0.25, -0.2) is 0 Å². The third-order valence-corrected chi connectivity index (χ3v) is 12.5. The predicted molar refractivity (Wildman–Crippen MR) is 223 cm³/mol. The zero-order valence-electron chi connectivity index (χ0n) is 30.7. The van der Waals surface area contributed by atoms with Gasteiger partial charge in [0.2, 0.25) is 0 Å². The molecule has 2 nitrogen and oxygen atoms in total. The molecule has 0 aliphatic heterocycles. The molecule has 0 spiro atoms. The molecule has 0 radical (unpaired) electrons. The summed E-state index contributed by atoms with van der Waals surface area (Å²) in [5.74, 6) is 0. The third kappa shape index (κ3) is 4.09. The van der Waals surface area contributed by atoms with Crippen LogP contribution in [0.15, 0.2) is 150 Å². The number of aryl methyl sites for hydroxylation is 1. The second-order valence-corrected chi connectivity index (χ2v) is 16.2. The first-order valence-electron chi connectivity index (χ1n) is 18.8. The minimum atomic E-state index is -0.166. The fraction of sp³-hybridized carbons (Fsp3) is 0.137. The molecule has 11 rings (SSSR count). The van der Waals surface area contributed by atoms with Crippen molar-refractivity contribution in [3.8, 4) is 22.3 Å². The van der Waals surface area contributed by atoms with Crippen LogP contribution in [0.1, 0.15) is 55.5 Å². The van der Waals surface area contributed by atoms with Crippen LogP contribution < -0.4 is 4.90 Å². The van der Waals surface area contributed by atoms with Crippen LogP contribution in [0.2, 0.25) is 0 Å². The Morgan fingerprint density at radius 2 is 1.08 bits per heavy atom. The van der Waals surface area contributed by atoms with Gasteiger partial charge in [0.15, 0.2) is 0 Å². The van der Waals surface area contributed by atoms with Crippen molar-refractivity contribution in [3.05, 3.63) is 173 Å². The Labute approximate surface area is 309 Å². The van der Waals surface area contributed by atoms with Gasteiger partial charge >= 0.3 is 0 Å². The first-order valence-corrected chi connectivity index (χ1v) is 18.8. The minimum Gasteiger partial charge on any atom is -0.455 e. The molecule has 2 aliphatic rings. The van der Waals surface area contributed by atoms with E-state index in [1.54, 1.807) is 0 Å². The first-order chi connectivity index (χ1) is 25.7. The third-order valence-electron chi connectivity index (χ3n) is 12.5. The molecule has 1 heterocycles. The van der Waals surface area contributed by atoms with Crippen LogP contribution >= 0.6 is 0 Å².